The van der Waals surface area contributed by atoms with E-state index in [0.29, 0.717) is 54.3 Å². The van der Waals surface area contributed by atoms with E-state index in [0.717, 1.165) is 5.69 Å². The number of carbonyl (C=O) groups excluding carboxylic acids is 1. The van der Waals surface area contributed by atoms with Crippen LogP contribution in [0.15, 0.2) is 48.9 Å². The number of halogens is 3. The van der Waals surface area contributed by atoms with E-state index < -0.39 is 12.4 Å². The number of piperidine rings is 1. The first kappa shape index (κ1) is 25.5. The van der Waals surface area contributed by atoms with Crippen molar-refractivity contribution in [2.24, 2.45) is 5.92 Å². The number of pyridine rings is 1. The minimum atomic E-state index is -2.94. The van der Waals surface area contributed by atoms with Gasteiger partial charge in [-0.25, -0.2) is 19.3 Å². The lowest BCUT2D eigenvalue weighted by Gasteiger charge is -2.30. The van der Waals surface area contributed by atoms with Crippen LogP contribution in [0.5, 0.6) is 5.75 Å². The number of para-hydroxylation sites is 1. The molecule has 0 N–H and O–H groups in total. The number of nitrogens with zero attached hydrogens (tertiary/aromatic N) is 5. The highest BCUT2D eigenvalue weighted by atomic mass is 19.3. The van der Waals surface area contributed by atoms with Crippen molar-refractivity contribution < 1.29 is 27.4 Å². The van der Waals surface area contributed by atoms with Crippen LogP contribution in [-0.4, -0.2) is 52.1 Å². The molecule has 1 aliphatic rings. The molecule has 38 heavy (non-hydrogen) atoms. The number of esters is 1. The van der Waals surface area contributed by atoms with Crippen LogP contribution in [0.25, 0.3) is 16.8 Å². The molecule has 1 saturated heterocycles. The summed E-state index contributed by atoms with van der Waals surface area (Å²) in [6, 6.07) is 7.90. The summed E-state index contributed by atoms with van der Waals surface area (Å²) in [7, 11) is 1.39. The van der Waals surface area contributed by atoms with Gasteiger partial charge in [0, 0.05) is 66.6 Å². The Morgan fingerprint density at radius 3 is 2.55 bits per heavy atom. The van der Waals surface area contributed by atoms with Crippen LogP contribution in [0.1, 0.15) is 29.8 Å². The van der Waals surface area contributed by atoms with Crippen molar-refractivity contribution in [2.75, 3.05) is 25.1 Å². The molecule has 11 heteroatoms. The van der Waals surface area contributed by atoms with E-state index in [9.17, 15) is 13.6 Å². The van der Waals surface area contributed by atoms with Crippen molar-refractivity contribution >= 4 is 17.6 Å². The summed E-state index contributed by atoms with van der Waals surface area (Å²) in [5.74, 6) is -0.220. The van der Waals surface area contributed by atoms with Gasteiger partial charge in [-0.15, -0.1) is 0 Å². The molecule has 8 nitrogen and oxygen atoms in total. The van der Waals surface area contributed by atoms with Crippen LogP contribution >= 0.6 is 0 Å². The van der Waals surface area contributed by atoms with Crippen LogP contribution in [-0.2, 0) is 16.0 Å². The quantitative estimate of drug-likeness (QED) is 0.320. The number of rotatable bonds is 7. The lowest BCUT2D eigenvalue weighted by atomic mass is 9.97. The van der Waals surface area contributed by atoms with Crippen molar-refractivity contribution in [3.63, 3.8) is 0 Å². The monoisotopic (exact) mass is 525 g/mol. The molecule has 5 rings (SSSR count). The van der Waals surface area contributed by atoms with E-state index in [4.69, 9.17) is 4.74 Å². The maximum Gasteiger partial charge on any atom is 0.387 e. The number of benzene rings is 1. The molecule has 0 saturated carbocycles. The number of anilines is 1. The highest BCUT2D eigenvalue weighted by Crippen LogP contribution is 2.29. The first-order chi connectivity index (χ1) is 18.3. The molecule has 198 valence electrons. The average Bonchev–Trinajstić information content (AvgIpc) is 3.22. The zero-order valence-electron chi connectivity index (χ0n) is 20.9. The number of hydrogen-bond donors (Lipinski definition) is 0. The maximum atomic E-state index is 15.1. The van der Waals surface area contributed by atoms with Gasteiger partial charge < -0.3 is 18.8 Å². The molecule has 1 aromatic carbocycles. The molecule has 0 spiro atoms. The third kappa shape index (κ3) is 5.13. The summed E-state index contributed by atoms with van der Waals surface area (Å²) < 4.78 is 52.2. The topological polar surface area (TPSA) is 81.9 Å². The zero-order valence-corrected chi connectivity index (χ0v) is 20.9. The molecule has 3 aromatic heterocycles. The number of alkyl halides is 2. The van der Waals surface area contributed by atoms with Gasteiger partial charge in [0.05, 0.1) is 18.7 Å². The molecule has 1 fully saturated rings. The predicted octanol–water partition coefficient (Wildman–Crippen LogP) is 4.82. The fourth-order valence-corrected chi connectivity index (χ4v) is 4.80. The number of imidazole rings is 1. The summed E-state index contributed by atoms with van der Waals surface area (Å²) in [6.45, 7) is 0.0850. The second-order valence-corrected chi connectivity index (χ2v) is 9.13. The number of carbonyl (C=O) groups is 1. The van der Waals surface area contributed by atoms with Crippen LogP contribution in [0.2, 0.25) is 0 Å². The second-order valence-electron chi connectivity index (χ2n) is 9.13. The fourth-order valence-electron chi connectivity index (χ4n) is 4.80. The highest BCUT2D eigenvalue weighted by Gasteiger charge is 2.27. The standard InChI is InChI=1S/C27H26F3N5O3/c1-16-22(11-18-5-3-4-6-23(18)38-26(29)30)35-15-20(21(28)12-24(35)33-16)19-13-31-27(32-14-19)34-9-7-17(8-10-34)25(36)37-2/h3-6,12-15,17,26H,7-11H2,1-2H3. The molecule has 4 aromatic rings. The Balaban J connectivity index is 1.41. The van der Waals surface area contributed by atoms with E-state index in [2.05, 4.69) is 19.7 Å². The first-order valence-electron chi connectivity index (χ1n) is 12.2. The summed E-state index contributed by atoms with van der Waals surface area (Å²) in [5.41, 5.74) is 3.10. The van der Waals surface area contributed by atoms with Gasteiger partial charge in [-0.05, 0) is 25.8 Å². The number of methoxy groups -OCH3 is 1. The fraction of sp³-hybridized carbons (Fsp3) is 0.333. The van der Waals surface area contributed by atoms with E-state index in [1.165, 1.54) is 19.2 Å². The van der Waals surface area contributed by atoms with Crippen molar-refractivity contribution in [1.29, 1.82) is 0 Å². The Hall–Kier alpha value is -4.15. The lowest BCUT2D eigenvalue weighted by molar-refractivity contribution is -0.146. The summed E-state index contributed by atoms with van der Waals surface area (Å²) in [4.78, 5) is 27.1. The Labute approximate surface area is 217 Å². The van der Waals surface area contributed by atoms with E-state index in [-0.39, 0.29) is 29.6 Å². The molecule has 4 heterocycles. The van der Waals surface area contributed by atoms with E-state index >= 15 is 4.39 Å². The van der Waals surface area contributed by atoms with Crippen LogP contribution in [0, 0.1) is 18.7 Å². The molecule has 0 amide bonds. The maximum absolute atomic E-state index is 15.1. The number of aryl methyl sites for hydroxylation is 1. The van der Waals surface area contributed by atoms with Crippen LogP contribution in [0.4, 0.5) is 19.1 Å². The Morgan fingerprint density at radius 1 is 1.16 bits per heavy atom. The van der Waals surface area contributed by atoms with Crippen molar-refractivity contribution in [1.82, 2.24) is 19.4 Å². The molecule has 0 bridgehead atoms. The molecule has 0 aliphatic carbocycles. The zero-order chi connectivity index (χ0) is 26.8. The molecular weight excluding hydrogens is 499 g/mol. The molecule has 0 radical (unpaired) electrons. The smallest absolute Gasteiger partial charge is 0.387 e. The SMILES string of the molecule is COC(=O)C1CCN(c2ncc(-c3cn4c(Cc5ccccc5OC(F)F)c(C)nc4cc3F)cn2)CC1. The minimum absolute atomic E-state index is 0.0822. The largest absolute Gasteiger partial charge is 0.469 e. The predicted molar refractivity (Wildman–Crippen MR) is 134 cm³/mol. The summed E-state index contributed by atoms with van der Waals surface area (Å²) >= 11 is 0. The molecule has 1 aliphatic heterocycles. The van der Waals surface area contributed by atoms with Gasteiger partial charge in [-0.1, -0.05) is 18.2 Å². The number of aromatic nitrogens is 4. The third-order valence-electron chi connectivity index (χ3n) is 6.82. The summed E-state index contributed by atoms with van der Waals surface area (Å²) in [6.07, 6.45) is 6.31. The normalized spacial score (nSPS) is 14.3. The number of hydrogen-bond acceptors (Lipinski definition) is 7. The molecular formula is C27H26F3N5O3. The highest BCUT2D eigenvalue weighted by molar-refractivity contribution is 5.72. The Bertz CT molecular complexity index is 1450. The van der Waals surface area contributed by atoms with Crippen molar-refractivity contribution in [3.8, 4) is 16.9 Å². The molecule has 0 atom stereocenters. The molecule has 0 unspecified atom stereocenters. The van der Waals surface area contributed by atoms with Gasteiger partial charge in [-0.2, -0.15) is 8.78 Å². The van der Waals surface area contributed by atoms with Crippen molar-refractivity contribution in [3.05, 3.63) is 71.7 Å². The number of fused-ring (bicyclic) bond motifs is 1. The van der Waals surface area contributed by atoms with E-state index in [1.807, 2.05) is 4.90 Å². The van der Waals surface area contributed by atoms with Crippen LogP contribution in [0.3, 0.4) is 0 Å². The van der Waals surface area contributed by atoms with Gasteiger partial charge in [0.1, 0.15) is 17.2 Å². The third-order valence-corrected chi connectivity index (χ3v) is 6.82. The Kier molecular flexibility index (Phi) is 7.17. The minimum Gasteiger partial charge on any atom is -0.469 e. The first-order valence-corrected chi connectivity index (χ1v) is 12.2. The lowest BCUT2D eigenvalue weighted by Crippen LogP contribution is -2.37. The van der Waals surface area contributed by atoms with Gasteiger partial charge in [0.25, 0.3) is 0 Å². The van der Waals surface area contributed by atoms with Gasteiger partial charge >= 0.3 is 12.6 Å². The summed E-state index contributed by atoms with van der Waals surface area (Å²) in [5, 5.41) is 0. The van der Waals surface area contributed by atoms with E-state index in [1.54, 1.807) is 48.1 Å². The van der Waals surface area contributed by atoms with Gasteiger partial charge in [0.15, 0.2) is 0 Å². The Morgan fingerprint density at radius 2 is 1.87 bits per heavy atom. The van der Waals surface area contributed by atoms with Gasteiger partial charge in [-0.3, -0.25) is 4.79 Å². The number of ether oxygens (including phenoxy) is 2. The van der Waals surface area contributed by atoms with Crippen LogP contribution < -0.4 is 9.64 Å². The average molecular weight is 526 g/mol. The van der Waals surface area contributed by atoms with Gasteiger partial charge in [0.2, 0.25) is 5.95 Å². The second kappa shape index (κ2) is 10.7. The van der Waals surface area contributed by atoms with Crippen molar-refractivity contribution in [2.45, 2.75) is 32.8 Å².